The lowest BCUT2D eigenvalue weighted by Crippen LogP contribution is -2.49. The summed E-state index contributed by atoms with van der Waals surface area (Å²) in [6.07, 6.45) is 0.818. The Balaban J connectivity index is 1.60. The minimum atomic E-state index is -0.0330. The number of ether oxygens (including phenoxy) is 1. The Morgan fingerprint density at radius 2 is 1.77 bits per heavy atom. The first kappa shape index (κ1) is 25.1. The monoisotopic (exact) mass is 511 g/mol. The number of carbonyl (C=O) groups excluding carboxylic acids is 1. The zero-order valence-corrected chi connectivity index (χ0v) is 21.3. The second-order valence-electron chi connectivity index (χ2n) is 8.71. The number of hydrogen-bond acceptors (Lipinski definition) is 6. The van der Waals surface area contributed by atoms with Gasteiger partial charge in [0.15, 0.2) is 0 Å². The average molecular weight is 512 g/mol. The van der Waals surface area contributed by atoms with E-state index in [1.54, 1.807) is 30.3 Å². The molecule has 0 saturated carbocycles. The first-order valence-electron chi connectivity index (χ1n) is 11.5. The normalized spacial score (nSPS) is 13.8. The predicted octanol–water partition coefficient (Wildman–Crippen LogP) is 4.71. The molecule has 0 spiro atoms. The Bertz CT molecular complexity index is 1250. The standard InChI is InChI=1S/C26H27Cl2N5O2/c1-31(2)10-3-15-35-25-22(17-29)24(21-16-20(28)8-9-23(21)30-25)32-11-13-33(14-12-32)26(34)18-4-6-19(27)7-5-18/h4-9,16H,3,10-15H2,1-2H3. The summed E-state index contributed by atoms with van der Waals surface area (Å²) < 4.78 is 5.98. The average Bonchev–Trinajstić information content (AvgIpc) is 2.86. The molecule has 1 saturated heterocycles. The molecule has 1 fully saturated rings. The van der Waals surface area contributed by atoms with Crippen LogP contribution < -0.4 is 9.64 Å². The molecule has 2 aromatic carbocycles. The molecule has 35 heavy (non-hydrogen) atoms. The Kier molecular flexibility index (Phi) is 7.97. The number of hydrogen-bond donors (Lipinski definition) is 0. The SMILES string of the molecule is CN(C)CCCOc1nc2ccc(Cl)cc2c(N2CCN(C(=O)c3ccc(Cl)cc3)CC2)c1C#N. The van der Waals surface area contributed by atoms with E-state index in [1.165, 1.54) is 0 Å². The Morgan fingerprint density at radius 3 is 2.43 bits per heavy atom. The highest BCUT2D eigenvalue weighted by Gasteiger charge is 2.27. The molecule has 0 radical (unpaired) electrons. The largest absolute Gasteiger partial charge is 0.477 e. The van der Waals surface area contributed by atoms with Crippen LogP contribution in [-0.4, -0.2) is 74.1 Å². The van der Waals surface area contributed by atoms with Crippen molar-refractivity contribution < 1.29 is 9.53 Å². The van der Waals surface area contributed by atoms with E-state index in [2.05, 4.69) is 20.9 Å². The van der Waals surface area contributed by atoms with E-state index in [9.17, 15) is 10.1 Å². The van der Waals surface area contributed by atoms with E-state index in [1.807, 2.05) is 31.1 Å². The van der Waals surface area contributed by atoms with Gasteiger partial charge in [0, 0.05) is 53.7 Å². The lowest BCUT2D eigenvalue weighted by molar-refractivity contribution is 0.0747. The molecule has 1 amide bonds. The van der Waals surface area contributed by atoms with Gasteiger partial charge in [-0.3, -0.25) is 4.79 Å². The van der Waals surface area contributed by atoms with Crippen LogP contribution in [0.5, 0.6) is 5.88 Å². The molecule has 4 rings (SSSR count). The van der Waals surface area contributed by atoms with Crippen LogP contribution in [0.25, 0.3) is 10.9 Å². The van der Waals surface area contributed by atoms with Crippen LogP contribution >= 0.6 is 23.2 Å². The van der Waals surface area contributed by atoms with Gasteiger partial charge in [0.2, 0.25) is 5.88 Å². The third-order valence-corrected chi connectivity index (χ3v) is 6.45. The Morgan fingerprint density at radius 1 is 1.09 bits per heavy atom. The van der Waals surface area contributed by atoms with Crippen LogP contribution in [0, 0.1) is 11.3 Å². The fourth-order valence-corrected chi connectivity index (χ4v) is 4.49. The number of pyridine rings is 1. The van der Waals surface area contributed by atoms with Gasteiger partial charge in [0.1, 0.15) is 11.6 Å². The molecule has 1 aromatic heterocycles. The summed E-state index contributed by atoms with van der Waals surface area (Å²) in [6, 6.07) is 14.7. The van der Waals surface area contributed by atoms with E-state index in [0.717, 1.165) is 24.0 Å². The number of aromatic nitrogens is 1. The zero-order valence-electron chi connectivity index (χ0n) is 19.8. The number of anilines is 1. The molecular formula is C26H27Cl2N5O2. The zero-order chi connectivity index (χ0) is 24.9. The van der Waals surface area contributed by atoms with Crippen LogP contribution in [0.2, 0.25) is 10.0 Å². The maximum atomic E-state index is 12.9. The number of fused-ring (bicyclic) bond motifs is 1. The summed E-state index contributed by atoms with van der Waals surface area (Å²) in [5, 5.41) is 12.1. The Labute approximate surface area is 215 Å². The van der Waals surface area contributed by atoms with Crippen molar-refractivity contribution in [3.8, 4) is 11.9 Å². The molecule has 7 nitrogen and oxygen atoms in total. The number of nitriles is 1. The third-order valence-electron chi connectivity index (χ3n) is 5.96. The minimum absolute atomic E-state index is 0.0330. The Hall–Kier alpha value is -3.05. The van der Waals surface area contributed by atoms with Crippen molar-refractivity contribution in [2.24, 2.45) is 0 Å². The summed E-state index contributed by atoms with van der Waals surface area (Å²) >= 11 is 12.3. The summed E-state index contributed by atoms with van der Waals surface area (Å²) in [5.41, 5.74) is 2.46. The second kappa shape index (κ2) is 11.1. The summed E-state index contributed by atoms with van der Waals surface area (Å²) in [7, 11) is 4.02. The highest BCUT2D eigenvalue weighted by molar-refractivity contribution is 6.31. The number of halogens is 2. The van der Waals surface area contributed by atoms with Crippen molar-refractivity contribution in [1.29, 1.82) is 5.26 Å². The van der Waals surface area contributed by atoms with Gasteiger partial charge < -0.3 is 19.4 Å². The van der Waals surface area contributed by atoms with Crippen molar-refractivity contribution in [1.82, 2.24) is 14.8 Å². The van der Waals surface area contributed by atoms with Crippen LogP contribution in [0.4, 0.5) is 5.69 Å². The first-order chi connectivity index (χ1) is 16.9. The number of rotatable bonds is 7. The minimum Gasteiger partial charge on any atom is -0.477 e. The molecule has 0 atom stereocenters. The van der Waals surface area contributed by atoms with Crippen molar-refractivity contribution >= 4 is 45.7 Å². The van der Waals surface area contributed by atoms with Crippen LogP contribution in [0.1, 0.15) is 22.3 Å². The van der Waals surface area contributed by atoms with Crippen LogP contribution in [0.3, 0.4) is 0 Å². The molecule has 0 bridgehead atoms. The second-order valence-corrected chi connectivity index (χ2v) is 9.58. The lowest BCUT2D eigenvalue weighted by atomic mass is 10.1. The summed E-state index contributed by atoms with van der Waals surface area (Å²) in [5.74, 6) is 0.296. The topological polar surface area (TPSA) is 72.7 Å². The fourth-order valence-electron chi connectivity index (χ4n) is 4.19. The van der Waals surface area contributed by atoms with E-state index < -0.39 is 0 Å². The number of amides is 1. The molecule has 182 valence electrons. The third kappa shape index (κ3) is 5.79. The molecule has 1 aliphatic rings. The summed E-state index contributed by atoms with van der Waals surface area (Å²) in [6.45, 7) is 3.52. The van der Waals surface area contributed by atoms with Crippen molar-refractivity contribution in [2.75, 3.05) is 58.3 Å². The number of carbonyl (C=O) groups is 1. The molecule has 2 heterocycles. The van der Waals surface area contributed by atoms with Gasteiger partial charge in [-0.2, -0.15) is 5.26 Å². The van der Waals surface area contributed by atoms with Gasteiger partial charge in [-0.05, 0) is 63.0 Å². The molecule has 3 aromatic rings. The fraction of sp³-hybridized carbons (Fsp3) is 0.346. The highest BCUT2D eigenvalue weighted by Crippen LogP contribution is 2.37. The van der Waals surface area contributed by atoms with Crippen molar-refractivity contribution in [2.45, 2.75) is 6.42 Å². The van der Waals surface area contributed by atoms with Crippen LogP contribution in [0.15, 0.2) is 42.5 Å². The smallest absolute Gasteiger partial charge is 0.253 e. The summed E-state index contributed by atoms with van der Waals surface area (Å²) in [4.78, 5) is 23.6. The van der Waals surface area contributed by atoms with Gasteiger partial charge in [-0.25, -0.2) is 4.98 Å². The molecule has 0 N–H and O–H groups in total. The first-order valence-corrected chi connectivity index (χ1v) is 12.2. The number of benzene rings is 2. The van der Waals surface area contributed by atoms with Gasteiger partial charge in [0.25, 0.3) is 5.91 Å². The molecule has 1 aliphatic heterocycles. The predicted molar refractivity (Wildman–Crippen MR) is 140 cm³/mol. The number of nitrogens with zero attached hydrogens (tertiary/aromatic N) is 5. The van der Waals surface area contributed by atoms with E-state index in [4.69, 9.17) is 27.9 Å². The van der Waals surface area contributed by atoms with Crippen molar-refractivity contribution in [3.63, 3.8) is 0 Å². The molecule has 9 heteroatoms. The van der Waals surface area contributed by atoms with E-state index >= 15 is 0 Å². The maximum absolute atomic E-state index is 12.9. The van der Waals surface area contributed by atoms with Gasteiger partial charge in [-0.15, -0.1) is 0 Å². The molecular weight excluding hydrogens is 485 g/mol. The lowest BCUT2D eigenvalue weighted by Gasteiger charge is -2.37. The van der Waals surface area contributed by atoms with Gasteiger partial charge in [0.05, 0.1) is 17.8 Å². The molecule has 0 unspecified atom stereocenters. The maximum Gasteiger partial charge on any atom is 0.253 e. The van der Waals surface area contributed by atoms with Crippen molar-refractivity contribution in [3.05, 3.63) is 63.6 Å². The number of piperazine rings is 1. The van der Waals surface area contributed by atoms with E-state index in [-0.39, 0.29) is 5.91 Å². The van der Waals surface area contributed by atoms with Gasteiger partial charge in [-0.1, -0.05) is 23.2 Å². The van der Waals surface area contributed by atoms with Crippen LogP contribution in [-0.2, 0) is 0 Å². The molecule has 0 aliphatic carbocycles. The quantitative estimate of drug-likeness (QED) is 0.427. The van der Waals surface area contributed by atoms with E-state index in [0.29, 0.717) is 65.4 Å². The van der Waals surface area contributed by atoms with Gasteiger partial charge >= 0.3 is 0 Å². The highest BCUT2D eigenvalue weighted by atomic mass is 35.5.